The quantitative estimate of drug-likeness (QED) is 0.798. The van der Waals surface area contributed by atoms with Crippen molar-refractivity contribution in [3.8, 4) is 5.75 Å². The molecular formula is C12H16N4O2. The van der Waals surface area contributed by atoms with Crippen LogP contribution in [0.5, 0.6) is 5.75 Å². The minimum Gasteiger partial charge on any atom is -0.496 e. The second-order valence-corrected chi connectivity index (χ2v) is 3.71. The van der Waals surface area contributed by atoms with Crippen molar-refractivity contribution in [3.05, 3.63) is 35.7 Å². The van der Waals surface area contributed by atoms with Gasteiger partial charge >= 0.3 is 6.01 Å². The Hall–Kier alpha value is -2.08. The van der Waals surface area contributed by atoms with E-state index < -0.39 is 0 Å². The number of hydrogen-bond donors (Lipinski definition) is 2. The second-order valence-electron chi connectivity index (χ2n) is 3.71. The van der Waals surface area contributed by atoms with E-state index in [2.05, 4.69) is 15.5 Å². The summed E-state index contributed by atoms with van der Waals surface area (Å²) in [5.41, 5.74) is 6.43. The first kappa shape index (κ1) is 12.4. The van der Waals surface area contributed by atoms with Crippen LogP contribution in [0.3, 0.4) is 0 Å². The number of ether oxygens (including phenoxy) is 1. The predicted molar refractivity (Wildman–Crippen MR) is 67.4 cm³/mol. The molecule has 2 aromatic rings. The van der Waals surface area contributed by atoms with Gasteiger partial charge in [-0.3, -0.25) is 0 Å². The molecule has 0 saturated carbocycles. The van der Waals surface area contributed by atoms with Crippen LogP contribution in [0, 0.1) is 0 Å². The Labute approximate surface area is 105 Å². The highest BCUT2D eigenvalue weighted by atomic mass is 16.5. The zero-order valence-electron chi connectivity index (χ0n) is 10.2. The molecule has 2 rings (SSSR count). The zero-order valence-corrected chi connectivity index (χ0v) is 10.2. The Morgan fingerprint density at radius 2 is 2.17 bits per heavy atom. The number of methoxy groups -OCH3 is 1. The Morgan fingerprint density at radius 3 is 2.94 bits per heavy atom. The van der Waals surface area contributed by atoms with E-state index in [1.165, 1.54) is 0 Å². The molecule has 0 amide bonds. The molecule has 6 heteroatoms. The number of hydrogen-bond acceptors (Lipinski definition) is 6. The van der Waals surface area contributed by atoms with Gasteiger partial charge in [0.05, 0.1) is 7.11 Å². The summed E-state index contributed by atoms with van der Waals surface area (Å²) in [7, 11) is 1.64. The highest BCUT2D eigenvalue weighted by Gasteiger charge is 2.06. The molecule has 96 valence electrons. The van der Waals surface area contributed by atoms with Gasteiger partial charge in [0.15, 0.2) is 0 Å². The molecule has 0 aliphatic heterocycles. The third-order valence-corrected chi connectivity index (χ3v) is 2.45. The fourth-order valence-corrected chi connectivity index (χ4v) is 1.57. The number of para-hydroxylation sites is 1. The van der Waals surface area contributed by atoms with Gasteiger partial charge in [-0.1, -0.05) is 23.3 Å². The van der Waals surface area contributed by atoms with Crippen LogP contribution in [-0.4, -0.2) is 23.9 Å². The molecule has 0 radical (unpaired) electrons. The number of aromatic nitrogens is 2. The second kappa shape index (κ2) is 6.02. The molecule has 0 fully saturated rings. The zero-order chi connectivity index (χ0) is 12.8. The van der Waals surface area contributed by atoms with Gasteiger partial charge in [0.25, 0.3) is 0 Å². The fourth-order valence-electron chi connectivity index (χ4n) is 1.57. The Bertz CT molecular complexity index is 498. The molecule has 1 heterocycles. The smallest absolute Gasteiger partial charge is 0.315 e. The van der Waals surface area contributed by atoms with Crippen LogP contribution in [0.25, 0.3) is 0 Å². The van der Waals surface area contributed by atoms with Crippen LogP contribution in [-0.2, 0) is 13.0 Å². The molecule has 0 spiro atoms. The van der Waals surface area contributed by atoms with Gasteiger partial charge in [0.1, 0.15) is 5.75 Å². The third-order valence-electron chi connectivity index (χ3n) is 2.45. The fraction of sp³-hybridized carbons (Fsp3) is 0.333. The first-order chi connectivity index (χ1) is 8.83. The van der Waals surface area contributed by atoms with E-state index in [0.717, 1.165) is 11.3 Å². The number of nitrogens with zero attached hydrogens (tertiary/aromatic N) is 2. The van der Waals surface area contributed by atoms with Gasteiger partial charge in [0.2, 0.25) is 5.89 Å². The summed E-state index contributed by atoms with van der Waals surface area (Å²) in [6, 6.07) is 8.15. The van der Waals surface area contributed by atoms with Crippen molar-refractivity contribution in [3.63, 3.8) is 0 Å². The summed E-state index contributed by atoms with van der Waals surface area (Å²) in [5.74, 6) is 1.37. The number of anilines is 1. The molecule has 1 aromatic carbocycles. The van der Waals surface area contributed by atoms with E-state index in [1.54, 1.807) is 7.11 Å². The van der Waals surface area contributed by atoms with E-state index in [1.807, 2.05) is 24.3 Å². The van der Waals surface area contributed by atoms with Gasteiger partial charge in [-0.25, -0.2) is 0 Å². The molecule has 0 saturated heterocycles. The lowest BCUT2D eigenvalue weighted by atomic mass is 10.2. The van der Waals surface area contributed by atoms with Crippen molar-refractivity contribution in [1.82, 2.24) is 10.2 Å². The van der Waals surface area contributed by atoms with E-state index in [9.17, 15) is 0 Å². The molecular weight excluding hydrogens is 232 g/mol. The largest absolute Gasteiger partial charge is 0.496 e. The standard InChI is InChI=1S/C12H16N4O2/c1-17-10-5-3-2-4-9(10)8-14-12-16-15-11(18-12)6-7-13/h2-5H,6-8,13H2,1H3,(H,14,16). The molecule has 0 atom stereocenters. The van der Waals surface area contributed by atoms with Crippen molar-refractivity contribution in [2.24, 2.45) is 5.73 Å². The number of nitrogens with two attached hydrogens (primary N) is 1. The predicted octanol–water partition coefficient (Wildman–Crippen LogP) is 1.19. The molecule has 0 bridgehead atoms. The summed E-state index contributed by atoms with van der Waals surface area (Å²) < 4.78 is 10.6. The summed E-state index contributed by atoms with van der Waals surface area (Å²) in [4.78, 5) is 0. The first-order valence-electron chi connectivity index (χ1n) is 5.71. The average Bonchev–Trinajstić information content (AvgIpc) is 2.85. The number of rotatable bonds is 6. The monoisotopic (exact) mass is 248 g/mol. The third kappa shape index (κ3) is 2.98. The SMILES string of the molecule is COc1ccccc1CNc1nnc(CCN)o1. The first-order valence-corrected chi connectivity index (χ1v) is 5.71. The molecule has 6 nitrogen and oxygen atoms in total. The van der Waals surface area contributed by atoms with Crippen LogP contribution in [0.2, 0.25) is 0 Å². The van der Waals surface area contributed by atoms with Gasteiger partial charge in [-0.15, -0.1) is 5.10 Å². The minimum atomic E-state index is 0.393. The van der Waals surface area contributed by atoms with E-state index in [-0.39, 0.29) is 0 Å². The topological polar surface area (TPSA) is 86.2 Å². The van der Waals surface area contributed by atoms with Crippen LogP contribution in [0.15, 0.2) is 28.7 Å². The Kier molecular flexibility index (Phi) is 4.14. The minimum absolute atomic E-state index is 0.393. The van der Waals surface area contributed by atoms with Crippen molar-refractivity contribution in [2.75, 3.05) is 19.0 Å². The lowest BCUT2D eigenvalue weighted by Crippen LogP contribution is -2.02. The summed E-state index contributed by atoms with van der Waals surface area (Å²) in [5, 5.41) is 10.8. The van der Waals surface area contributed by atoms with E-state index >= 15 is 0 Å². The van der Waals surface area contributed by atoms with Gasteiger partial charge in [-0.05, 0) is 6.07 Å². The van der Waals surface area contributed by atoms with E-state index in [0.29, 0.717) is 31.4 Å². The van der Waals surface area contributed by atoms with Crippen LogP contribution in [0.4, 0.5) is 6.01 Å². The summed E-state index contributed by atoms with van der Waals surface area (Å²) in [6.07, 6.45) is 0.587. The highest BCUT2D eigenvalue weighted by molar-refractivity contribution is 5.35. The van der Waals surface area contributed by atoms with Crippen molar-refractivity contribution >= 4 is 6.01 Å². The van der Waals surface area contributed by atoms with E-state index in [4.69, 9.17) is 14.9 Å². The Morgan fingerprint density at radius 1 is 1.33 bits per heavy atom. The summed E-state index contributed by atoms with van der Waals surface area (Å²) in [6.45, 7) is 1.06. The maximum atomic E-state index is 5.41. The van der Waals surface area contributed by atoms with Gasteiger partial charge < -0.3 is 20.2 Å². The van der Waals surface area contributed by atoms with Crippen molar-refractivity contribution < 1.29 is 9.15 Å². The van der Waals surface area contributed by atoms with Crippen LogP contribution in [0.1, 0.15) is 11.5 Å². The number of nitrogens with one attached hydrogen (secondary N) is 1. The summed E-state index contributed by atoms with van der Waals surface area (Å²) >= 11 is 0. The number of benzene rings is 1. The molecule has 3 N–H and O–H groups in total. The normalized spacial score (nSPS) is 10.3. The molecule has 18 heavy (non-hydrogen) atoms. The maximum Gasteiger partial charge on any atom is 0.315 e. The van der Waals surface area contributed by atoms with Gasteiger partial charge in [-0.2, -0.15) is 0 Å². The molecule has 0 unspecified atom stereocenters. The lowest BCUT2D eigenvalue weighted by molar-refractivity contribution is 0.410. The highest BCUT2D eigenvalue weighted by Crippen LogP contribution is 2.18. The van der Waals surface area contributed by atoms with Crippen LogP contribution >= 0.6 is 0 Å². The maximum absolute atomic E-state index is 5.41. The van der Waals surface area contributed by atoms with Gasteiger partial charge in [0, 0.05) is 25.1 Å². The lowest BCUT2D eigenvalue weighted by Gasteiger charge is -2.07. The Balaban J connectivity index is 1.97. The van der Waals surface area contributed by atoms with Crippen molar-refractivity contribution in [1.29, 1.82) is 0 Å². The molecule has 0 aliphatic rings. The average molecular weight is 248 g/mol. The van der Waals surface area contributed by atoms with Crippen molar-refractivity contribution in [2.45, 2.75) is 13.0 Å². The molecule has 1 aromatic heterocycles. The molecule has 0 aliphatic carbocycles. The van der Waals surface area contributed by atoms with Crippen LogP contribution < -0.4 is 15.8 Å².